The van der Waals surface area contributed by atoms with E-state index in [1.165, 1.54) is 12.1 Å². The zero-order valence-corrected chi connectivity index (χ0v) is 11.9. The van der Waals surface area contributed by atoms with Crippen LogP contribution in [0.5, 0.6) is 0 Å². The Balaban J connectivity index is 0.00000200. The number of nitriles is 1. The minimum atomic E-state index is -0.547. The van der Waals surface area contributed by atoms with Crippen molar-refractivity contribution in [2.45, 2.75) is 7.43 Å². The summed E-state index contributed by atoms with van der Waals surface area (Å²) in [5, 5.41) is 9.17. The lowest BCUT2D eigenvalue weighted by Gasteiger charge is -2.01. The Labute approximate surface area is 130 Å². The molecule has 2 rings (SSSR count). The molecule has 0 saturated carbocycles. The molecule has 5 heteroatoms. The van der Waals surface area contributed by atoms with Gasteiger partial charge in [0.25, 0.3) is 0 Å². The fourth-order valence-electron chi connectivity index (χ4n) is 1.49. The summed E-state index contributed by atoms with van der Waals surface area (Å²) in [7, 11) is 0. The summed E-state index contributed by atoms with van der Waals surface area (Å²) in [4.78, 5) is 4.10. The summed E-state index contributed by atoms with van der Waals surface area (Å²) in [5.74, 6) is -0.547. The third kappa shape index (κ3) is 3.66. The molecule has 102 valence electrons. The molecule has 1 aromatic carbocycles. The molecule has 0 saturated heterocycles. The fraction of sp³-hybridized carbons (Fsp3) is 0.0667. The van der Waals surface area contributed by atoms with Crippen LogP contribution in [-0.4, -0.2) is 4.98 Å². The van der Waals surface area contributed by atoms with Crippen molar-refractivity contribution in [3.63, 3.8) is 0 Å². The third-order valence-corrected chi connectivity index (χ3v) is 3.17. The molecule has 0 atom stereocenters. The minimum Gasteiger partial charge on any atom is -0.254 e. The van der Waals surface area contributed by atoms with E-state index in [4.69, 9.17) is 16.9 Å². The lowest BCUT2D eigenvalue weighted by atomic mass is 10.1. The number of hydrogen-bond donors (Lipinski definition) is 0. The van der Waals surface area contributed by atoms with Crippen molar-refractivity contribution < 1.29 is 4.39 Å². The van der Waals surface area contributed by atoms with E-state index in [9.17, 15) is 4.39 Å². The first-order valence-electron chi connectivity index (χ1n) is 5.29. The highest BCUT2D eigenvalue weighted by molar-refractivity contribution is 9.10. The van der Waals surface area contributed by atoms with Gasteiger partial charge in [-0.2, -0.15) is 5.26 Å². The van der Waals surface area contributed by atoms with Gasteiger partial charge in [0.1, 0.15) is 11.9 Å². The van der Waals surface area contributed by atoms with E-state index < -0.39 is 5.82 Å². The Bertz CT molecular complexity index is 675. The highest BCUT2D eigenvalue weighted by atomic mass is 79.9. The topological polar surface area (TPSA) is 36.7 Å². The van der Waals surface area contributed by atoms with E-state index in [0.29, 0.717) is 5.69 Å². The Morgan fingerprint density at radius 2 is 2.10 bits per heavy atom. The standard InChI is InChI=1S/C14H7BrClFN2.CH4/c15-11-4-5-13(19-8-11)10(7-18)6-9-2-1-3-12(16)14(9)17;/h1-6,8H;1H4/b10-6+;. The predicted molar refractivity (Wildman–Crippen MR) is 83.6 cm³/mol. The maximum absolute atomic E-state index is 13.8. The molecular formula is C15H11BrClFN2. The number of halogens is 3. The van der Waals surface area contributed by atoms with Gasteiger partial charge in [0.05, 0.1) is 16.3 Å². The van der Waals surface area contributed by atoms with Crippen LogP contribution >= 0.6 is 27.5 Å². The molecule has 1 aromatic heterocycles. The number of aromatic nitrogens is 1. The molecule has 0 unspecified atom stereocenters. The molecule has 0 aliphatic carbocycles. The van der Waals surface area contributed by atoms with Crippen LogP contribution < -0.4 is 0 Å². The molecule has 0 aliphatic rings. The number of allylic oxidation sites excluding steroid dienone is 1. The van der Waals surface area contributed by atoms with Crippen LogP contribution in [0.25, 0.3) is 11.6 Å². The van der Waals surface area contributed by atoms with Gasteiger partial charge in [0.15, 0.2) is 0 Å². The highest BCUT2D eigenvalue weighted by Crippen LogP contribution is 2.23. The lowest BCUT2D eigenvalue weighted by molar-refractivity contribution is 0.625. The van der Waals surface area contributed by atoms with Crippen LogP contribution in [0.4, 0.5) is 4.39 Å². The number of hydrogen-bond acceptors (Lipinski definition) is 2. The summed E-state index contributed by atoms with van der Waals surface area (Å²) in [6, 6.07) is 10.1. The van der Waals surface area contributed by atoms with Gasteiger partial charge in [0, 0.05) is 16.2 Å². The van der Waals surface area contributed by atoms with Crippen molar-refractivity contribution in [1.82, 2.24) is 4.98 Å². The van der Waals surface area contributed by atoms with E-state index in [0.717, 1.165) is 4.47 Å². The maximum Gasteiger partial charge on any atom is 0.149 e. The second-order valence-corrected chi connectivity index (χ2v) is 5.00. The Kier molecular flexibility index (Phi) is 5.87. The van der Waals surface area contributed by atoms with E-state index in [2.05, 4.69) is 20.9 Å². The van der Waals surface area contributed by atoms with Gasteiger partial charge in [-0.15, -0.1) is 0 Å². The largest absolute Gasteiger partial charge is 0.254 e. The van der Waals surface area contributed by atoms with Gasteiger partial charge in [-0.05, 0) is 40.2 Å². The zero-order valence-electron chi connectivity index (χ0n) is 9.57. The van der Waals surface area contributed by atoms with Gasteiger partial charge in [-0.1, -0.05) is 31.2 Å². The lowest BCUT2D eigenvalue weighted by Crippen LogP contribution is -1.89. The maximum atomic E-state index is 13.8. The van der Waals surface area contributed by atoms with Gasteiger partial charge >= 0.3 is 0 Å². The van der Waals surface area contributed by atoms with Crippen LogP contribution in [-0.2, 0) is 0 Å². The van der Waals surface area contributed by atoms with Crippen LogP contribution in [0, 0.1) is 17.1 Å². The van der Waals surface area contributed by atoms with E-state index in [-0.39, 0.29) is 23.6 Å². The summed E-state index contributed by atoms with van der Waals surface area (Å²) >= 11 is 8.96. The molecule has 0 fully saturated rings. The summed E-state index contributed by atoms with van der Waals surface area (Å²) in [6.45, 7) is 0. The molecule has 0 amide bonds. The van der Waals surface area contributed by atoms with Gasteiger partial charge in [-0.3, -0.25) is 4.98 Å². The zero-order chi connectivity index (χ0) is 13.8. The predicted octanol–water partition coefficient (Wildman–Crippen LogP) is 5.34. The van der Waals surface area contributed by atoms with E-state index in [1.54, 1.807) is 30.5 Å². The van der Waals surface area contributed by atoms with Crippen molar-refractivity contribution in [2.24, 2.45) is 0 Å². The average Bonchev–Trinajstić information content (AvgIpc) is 2.42. The molecule has 20 heavy (non-hydrogen) atoms. The van der Waals surface area contributed by atoms with E-state index in [1.807, 2.05) is 6.07 Å². The molecule has 0 bridgehead atoms. The number of benzene rings is 1. The van der Waals surface area contributed by atoms with Crippen molar-refractivity contribution in [2.75, 3.05) is 0 Å². The average molecular weight is 354 g/mol. The molecule has 0 aliphatic heterocycles. The minimum absolute atomic E-state index is 0. The molecule has 0 N–H and O–H groups in total. The van der Waals surface area contributed by atoms with E-state index >= 15 is 0 Å². The van der Waals surface area contributed by atoms with Gasteiger partial charge in [-0.25, -0.2) is 4.39 Å². The van der Waals surface area contributed by atoms with Crippen molar-refractivity contribution in [3.8, 4) is 6.07 Å². The summed E-state index contributed by atoms with van der Waals surface area (Å²) in [6.07, 6.45) is 3.01. The molecule has 2 aromatic rings. The Morgan fingerprint density at radius 1 is 1.35 bits per heavy atom. The van der Waals surface area contributed by atoms with Crippen molar-refractivity contribution in [1.29, 1.82) is 5.26 Å². The molecule has 2 nitrogen and oxygen atoms in total. The molecule has 1 heterocycles. The van der Waals surface area contributed by atoms with Gasteiger partial charge < -0.3 is 0 Å². The van der Waals surface area contributed by atoms with Crippen LogP contribution in [0.1, 0.15) is 18.7 Å². The Hall–Kier alpha value is -1.70. The molecular weight excluding hydrogens is 343 g/mol. The van der Waals surface area contributed by atoms with Crippen LogP contribution in [0.3, 0.4) is 0 Å². The SMILES string of the molecule is C.N#C/C(=C\c1cccc(Cl)c1F)c1ccc(Br)cn1. The highest BCUT2D eigenvalue weighted by Gasteiger charge is 2.07. The molecule has 0 radical (unpaired) electrons. The van der Waals surface area contributed by atoms with Crippen molar-refractivity contribution >= 4 is 39.2 Å². The van der Waals surface area contributed by atoms with Crippen LogP contribution in [0.2, 0.25) is 5.02 Å². The van der Waals surface area contributed by atoms with Crippen LogP contribution in [0.15, 0.2) is 41.0 Å². The normalized spacial score (nSPS) is 10.6. The quantitative estimate of drug-likeness (QED) is 0.684. The summed E-state index contributed by atoms with van der Waals surface area (Å²) < 4.78 is 14.6. The number of pyridine rings is 1. The third-order valence-electron chi connectivity index (χ3n) is 2.41. The monoisotopic (exact) mass is 352 g/mol. The number of rotatable bonds is 2. The summed E-state index contributed by atoms with van der Waals surface area (Å²) in [5.41, 5.74) is 1.01. The smallest absolute Gasteiger partial charge is 0.149 e. The first kappa shape index (κ1) is 16.4. The second-order valence-electron chi connectivity index (χ2n) is 3.67. The van der Waals surface area contributed by atoms with Gasteiger partial charge in [0.2, 0.25) is 0 Å². The van der Waals surface area contributed by atoms with Crippen molar-refractivity contribution in [3.05, 3.63) is 63.1 Å². The Morgan fingerprint density at radius 3 is 2.70 bits per heavy atom. The first-order valence-corrected chi connectivity index (χ1v) is 6.46. The molecule has 0 spiro atoms. The first-order chi connectivity index (χ1) is 9.11. The number of nitrogens with zero attached hydrogens (tertiary/aromatic N) is 2. The fourth-order valence-corrected chi connectivity index (χ4v) is 1.90. The second kappa shape index (κ2) is 7.18.